The van der Waals surface area contributed by atoms with Crippen molar-refractivity contribution in [3.8, 4) is 0 Å². The predicted molar refractivity (Wildman–Crippen MR) is 306 cm³/mol. The number of rotatable bonds is 50. The molecular formula is C62H111O14P. The standard InChI is InChI=1S/C62H111O14P/c1-6-9-11-13-15-17-19-21-23-25-27-29-31-33-35-37-59(67)72-47-55(74-60(68)38-36-34-32-30-28-26-24-22-20-18-16-14-12-10-7-2)48-73-77(70,71)76-54(46-58(65)66)44-52(63)41-42-56-50(5)39-40-51-43-53(64)45-57(61(51)56)75-62(69)49(4)8-3/h39-40,43,49-50,52-57,61,63-64H,6-38,41-42,44-48H2,1-5H3,(H,65,66)(H,70,71)/t49-,50-,52+,53+,54+,55?,56-,57-,61-/m0/s1. The molecule has 0 fully saturated rings. The summed E-state index contributed by atoms with van der Waals surface area (Å²) in [5.74, 6) is -3.27. The predicted octanol–water partition coefficient (Wildman–Crippen LogP) is 15.6. The van der Waals surface area contributed by atoms with E-state index in [1.807, 2.05) is 26.0 Å². The highest BCUT2D eigenvalue weighted by atomic mass is 31.2. The van der Waals surface area contributed by atoms with E-state index in [-0.39, 0.29) is 61.7 Å². The first-order valence-corrected chi connectivity index (χ1v) is 32.8. The number of unbranched alkanes of at least 4 members (excludes halogenated alkanes) is 28. The van der Waals surface area contributed by atoms with Crippen LogP contribution >= 0.6 is 7.82 Å². The second-order valence-electron chi connectivity index (χ2n) is 22.9. The molecule has 0 aliphatic heterocycles. The Kier molecular flexibility index (Phi) is 40.4. The molecule has 0 aromatic rings. The minimum Gasteiger partial charge on any atom is -0.481 e. The maximum atomic E-state index is 13.5. The van der Waals surface area contributed by atoms with Crippen LogP contribution in [-0.2, 0) is 47.0 Å². The van der Waals surface area contributed by atoms with Gasteiger partial charge in [0, 0.05) is 31.6 Å². The number of aliphatic hydroxyl groups is 2. The monoisotopic (exact) mass is 1110 g/mol. The summed E-state index contributed by atoms with van der Waals surface area (Å²) >= 11 is 0. The topological polar surface area (TPSA) is 212 Å². The number of allylic oxidation sites excluding steroid dienone is 2. The number of aliphatic hydroxyl groups excluding tert-OH is 2. The summed E-state index contributed by atoms with van der Waals surface area (Å²) in [6.07, 6.45) is 37.2. The number of phosphoric ester groups is 1. The van der Waals surface area contributed by atoms with Crippen molar-refractivity contribution in [2.24, 2.45) is 23.7 Å². The minimum atomic E-state index is -5.01. The van der Waals surface area contributed by atoms with E-state index in [2.05, 4.69) is 13.8 Å². The summed E-state index contributed by atoms with van der Waals surface area (Å²) in [5.41, 5.74) is 0.859. The normalized spacial score (nSPS) is 20.6. The van der Waals surface area contributed by atoms with Gasteiger partial charge in [0.1, 0.15) is 12.7 Å². The molecule has 0 heterocycles. The summed E-state index contributed by atoms with van der Waals surface area (Å²) < 4.78 is 41.3. The molecular weight excluding hydrogens is 1000 g/mol. The maximum Gasteiger partial charge on any atom is 0.472 e. The Morgan fingerprint density at radius 2 is 1.14 bits per heavy atom. The summed E-state index contributed by atoms with van der Waals surface area (Å²) in [4.78, 5) is 61.7. The molecule has 2 rings (SSSR count). The first-order chi connectivity index (χ1) is 37.1. The fourth-order valence-electron chi connectivity index (χ4n) is 10.9. The number of aliphatic carboxylic acids is 1. The summed E-state index contributed by atoms with van der Waals surface area (Å²) in [7, 11) is -5.01. The quantitative estimate of drug-likeness (QED) is 0.0193. The van der Waals surface area contributed by atoms with Gasteiger partial charge in [0.05, 0.1) is 37.3 Å². The van der Waals surface area contributed by atoms with Crippen LogP contribution in [-0.4, -0.2) is 87.8 Å². The van der Waals surface area contributed by atoms with Gasteiger partial charge in [-0.15, -0.1) is 0 Å². The zero-order valence-electron chi connectivity index (χ0n) is 49.0. The van der Waals surface area contributed by atoms with Gasteiger partial charge in [-0.1, -0.05) is 233 Å². The van der Waals surface area contributed by atoms with E-state index >= 15 is 0 Å². The van der Waals surface area contributed by atoms with Crippen molar-refractivity contribution in [3.63, 3.8) is 0 Å². The molecule has 2 aliphatic carbocycles. The molecule has 15 heteroatoms. The van der Waals surface area contributed by atoms with E-state index < -0.39 is 75.9 Å². The molecule has 0 aromatic carbocycles. The molecule has 0 spiro atoms. The second-order valence-corrected chi connectivity index (χ2v) is 24.3. The van der Waals surface area contributed by atoms with Crippen molar-refractivity contribution in [2.75, 3.05) is 13.2 Å². The molecule has 448 valence electrons. The maximum absolute atomic E-state index is 13.5. The van der Waals surface area contributed by atoms with Crippen LogP contribution in [0.3, 0.4) is 0 Å². The third kappa shape index (κ3) is 35.0. The van der Waals surface area contributed by atoms with E-state index in [1.54, 1.807) is 13.0 Å². The van der Waals surface area contributed by atoms with Gasteiger partial charge in [0.25, 0.3) is 0 Å². The van der Waals surface area contributed by atoms with E-state index in [9.17, 15) is 44.0 Å². The van der Waals surface area contributed by atoms with Crippen molar-refractivity contribution in [1.82, 2.24) is 0 Å². The highest BCUT2D eigenvalue weighted by Crippen LogP contribution is 2.47. The molecule has 0 bridgehead atoms. The molecule has 2 aliphatic rings. The third-order valence-corrected chi connectivity index (χ3v) is 16.9. The Balaban J connectivity index is 1.92. The summed E-state index contributed by atoms with van der Waals surface area (Å²) in [6.45, 7) is 9.18. The number of hydrogen-bond donors (Lipinski definition) is 4. The number of phosphoric acid groups is 1. The Labute approximate surface area is 467 Å². The number of esters is 3. The molecule has 77 heavy (non-hydrogen) atoms. The van der Waals surface area contributed by atoms with Crippen molar-refractivity contribution in [1.29, 1.82) is 0 Å². The van der Waals surface area contributed by atoms with Gasteiger partial charge in [-0.05, 0) is 49.5 Å². The molecule has 0 saturated carbocycles. The smallest absolute Gasteiger partial charge is 0.472 e. The van der Waals surface area contributed by atoms with Gasteiger partial charge in [-0.25, -0.2) is 4.57 Å². The number of carbonyl (C=O) groups is 4. The highest BCUT2D eigenvalue weighted by Gasteiger charge is 2.42. The Morgan fingerprint density at radius 3 is 1.61 bits per heavy atom. The van der Waals surface area contributed by atoms with E-state index in [0.29, 0.717) is 25.7 Å². The number of fused-ring (bicyclic) bond motifs is 1. The molecule has 4 N–H and O–H groups in total. The molecule has 0 aromatic heterocycles. The van der Waals surface area contributed by atoms with Crippen LogP contribution in [0.1, 0.15) is 279 Å². The van der Waals surface area contributed by atoms with Crippen LogP contribution in [0.15, 0.2) is 23.8 Å². The van der Waals surface area contributed by atoms with E-state index in [0.717, 1.165) is 44.1 Å². The number of ether oxygens (including phenoxy) is 3. The Hall–Kier alpha value is -2.61. The number of carboxylic acids is 1. The molecule has 0 radical (unpaired) electrons. The van der Waals surface area contributed by atoms with Gasteiger partial charge >= 0.3 is 31.7 Å². The molecule has 0 amide bonds. The third-order valence-electron chi connectivity index (χ3n) is 15.8. The molecule has 0 saturated heterocycles. The van der Waals surface area contributed by atoms with Gasteiger partial charge in [0.15, 0.2) is 6.10 Å². The zero-order chi connectivity index (χ0) is 56.5. The van der Waals surface area contributed by atoms with Crippen LogP contribution in [0.2, 0.25) is 0 Å². The van der Waals surface area contributed by atoms with E-state index in [4.69, 9.17) is 23.3 Å². The van der Waals surface area contributed by atoms with E-state index in [1.165, 1.54) is 141 Å². The summed E-state index contributed by atoms with van der Waals surface area (Å²) in [6, 6.07) is 0. The molecule has 10 atom stereocenters. The molecule has 2 unspecified atom stereocenters. The number of carbonyl (C=O) groups excluding carboxylic acids is 3. The second kappa shape index (κ2) is 44.1. The van der Waals surface area contributed by atoms with Crippen molar-refractivity contribution < 1.29 is 67.2 Å². The van der Waals surface area contributed by atoms with Crippen LogP contribution in [0, 0.1) is 23.7 Å². The average molecular weight is 1110 g/mol. The lowest BCUT2D eigenvalue weighted by Gasteiger charge is -2.43. The first-order valence-electron chi connectivity index (χ1n) is 31.3. The lowest BCUT2D eigenvalue weighted by Crippen LogP contribution is -2.43. The number of hydrogen-bond acceptors (Lipinski definition) is 12. The SMILES string of the molecule is CCCCCCCCCCCCCCCCCC(=O)OCC(COP(=O)(O)O[C@@H](CC(=O)O)C[C@H](O)CC[C@@H]1[C@@H]2C(=C[C@@H](O)C[C@@H]2OC(=O)[C@@H](C)CC)C=C[C@@H]1C)OC(=O)CCCCCCCCCCCCCCCCC. The van der Waals surface area contributed by atoms with Crippen LogP contribution in [0.25, 0.3) is 0 Å². The average Bonchev–Trinajstić information content (AvgIpc) is 3.38. The molecule has 14 nitrogen and oxygen atoms in total. The zero-order valence-corrected chi connectivity index (χ0v) is 49.9. The van der Waals surface area contributed by atoms with Gasteiger partial charge in [-0.2, -0.15) is 0 Å². The van der Waals surface area contributed by atoms with Gasteiger partial charge in [-0.3, -0.25) is 28.2 Å². The van der Waals surface area contributed by atoms with Crippen molar-refractivity contribution >= 4 is 31.7 Å². The summed E-state index contributed by atoms with van der Waals surface area (Å²) in [5, 5.41) is 31.6. The minimum absolute atomic E-state index is 0.0285. The van der Waals surface area contributed by atoms with Crippen LogP contribution in [0.5, 0.6) is 0 Å². The van der Waals surface area contributed by atoms with Crippen LogP contribution in [0.4, 0.5) is 0 Å². The fraction of sp³-hybridized carbons (Fsp3) is 0.871. The van der Waals surface area contributed by atoms with Gasteiger partial charge in [0.2, 0.25) is 0 Å². The van der Waals surface area contributed by atoms with Crippen molar-refractivity contribution in [3.05, 3.63) is 23.8 Å². The Morgan fingerprint density at radius 1 is 0.675 bits per heavy atom. The van der Waals surface area contributed by atoms with Crippen LogP contribution < -0.4 is 0 Å². The lowest BCUT2D eigenvalue weighted by atomic mass is 9.66. The lowest BCUT2D eigenvalue weighted by molar-refractivity contribution is -0.161. The highest BCUT2D eigenvalue weighted by molar-refractivity contribution is 7.47. The Bertz CT molecular complexity index is 1670. The van der Waals surface area contributed by atoms with Gasteiger partial charge < -0.3 is 34.4 Å². The fourth-order valence-corrected chi connectivity index (χ4v) is 11.8. The largest absolute Gasteiger partial charge is 0.481 e. The van der Waals surface area contributed by atoms with Crippen molar-refractivity contribution in [2.45, 2.75) is 309 Å². The number of carboxylic acid groups (broad SMARTS) is 1. The first kappa shape index (κ1) is 70.5.